The fourth-order valence-electron chi connectivity index (χ4n) is 0.874. The molecule has 0 unspecified atom stereocenters. The zero-order valence-electron chi connectivity index (χ0n) is 6.40. The van der Waals surface area contributed by atoms with E-state index >= 15 is 0 Å². The molecule has 6 heteroatoms. The van der Waals surface area contributed by atoms with Gasteiger partial charge in [-0.2, -0.15) is 0 Å². The molecule has 0 saturated carbocycles. The highest BCUT2D eigenvalue weighted by atomic mass is 35.5. The van der Waals surface area contributed by atoms with Crippen molar-refractivity contribution < 1.29 is 8.78 Å². The lowest BCUT2D eigenvalue weighted by molar-refractivity contribution is 0.151. The Hall–Kier alpha value is -0.610. The summed E-state index contributed by atoms with van der Waals surface area (Å²) in [6, 6.07) is 1.04. The molecular formula is C7H6Cl2F2N2. The molecule has 72 valence electrons. The van der Waals surface area contributed by atoms with Crippen LogP contribution >= 0.6 is 23.2 Å². The molecule has 0 aliphatic heterocycles. The third-order valence-electron chi connectivity index (χ3n) is 1.44. The van der Waals surface area contributed by atoms with E-state index in [0.717, 1.165) is 6.07 Å². The van der Waals surface area contributed by atoms with Gasteiger partial charge in [0.15, 0.2) is 0 Å². The fraction of sp³-hybridized carbons (Fsp3) is 0.286. The Morgan fingerprint density at radius 3 is 2.62 bits per heavy atom. The normalized spacial score (nSPS) is 10.8. The average Bonchev–Trinajstić information content (AvgIpc) is 2.08. The van der Waals surface area contributed by atoms with Gasteiger partial charge in [0.25, 0.3) is 6.43 Å². The molecule has 0 aliphatic carbocycles. The van der Waals surface area contributed by atoms with Gasteiger partial charge >= 0.3 is 0 Å². The van der Waals surface area contributed by atoms with Crippen LogP contribution in [0.25, 0.3) is 0 Å². The number of halogens is 4. The van der Waals surface area contributed by atoms with Crippen molar-refractivity contribution in [1.29, 1.82) is 0 Å². The van der Waals surface area contributed by atoms with Crippen molar-refractivity contribution >= 4 is 29.0 Å². The molecule has 1 rings (SSSR count). The van der Waals surface area contributed by atoms with Gasteiger partial charge in [-0.25, -0.2) is 13.8 Å². The summed E-state index contributed by atoms with van der Waals surface area (Å²) in [5, 5.41) is -0.112. The molecule has 0 atom stereocenters. The van der Waals surface area contributed by atoms with E-state index in [2.05, 4.69) is 4.98 Å². The second kappa shape index (κ2) is 4.07. The standard InChI is InChI=1S/C7H6Cl2F2N2/c8-2-4-6(9)3(7(10)11)1-5(12)13-4/h1,7H,2H2,(H2,12,13). The van der Waals surface area contributed by atoms with E-state index in [9.17, 15) is 8.78 Å². The Morgan fingerprint density at radius 1 is 1.54 bits per heavy atom. The highest BCUT2D eigenvalue weighted by molar-refractivity contribution is 6.32. The van der Waals surface area contributed by atoms with E-state index in [1.165, 1.54) is 0 Å². The van der Waals surface area contributed by atoms with Crippen molar-refractivity contribution in [2.45, 2.75) is 12.3 Å². The highest BCUT2D eigenvalue weighted by Crippen LogP contribution is 2.30. The lowest BCUT2D eigenvalue weighted by Gasteiger charge is -2.07. The Morgan fingerprint density at radius 2 is 2.15 bits per heavy atom. The number of anilines is 1. The van der Waals surface area contributed by atoms with Crippen LogP contribution in [0.3, 0.4) is 0 Å². The summed E-state index contributed by atoms with van der Waals surface area (Å²) in [6.07, 6.45) is -2.67. The van der Waals surface area contributed by atoms with E-state index in [0.29, 0.717) is 0 Å². The monoisotopic (exact) mass is 226 g/mol. The first-order valence-electron chi connectivity index (χ1n) is 3.35. The minimum absolute atomic E-state index is 0.00431. The maximum atomic E-state index is 12.3. The van der Waals surface area contributed by atoms with Crippen LogP contribution in [0.4, 0.5) is 14.6 Å². The van der Waals surface area contributed by atoms with E-state index < -0.39 is 6.43 Å². The smallest absolute Gasteiger partial charge is 0.265 e. The van der Waals surface area contributed by atoms with Crippen LogP contribution in [0.15, 0.2) is 6.07 Å². The average molecular weight is 227 g/mol. The van der Waals surface area contributed by atoms with Gasteiger partial charge in [0, 0.05) is 5.56 Å². The number of pyridine rings is 1. The van der Waals surface area contributed by atoms with Gasteiger partial charge in [0.05, 0.1) is 16.6 Å². The van der Waals surface area contributed by atoms with E-state index in [1.807, 2.05) is 0 Å². The van der Waals surface area contributed by atoms with Gasteiger partial charge in [-0.3, -0.25) is 0 Å². The third-order valence-corrected chi connectivity index (χ3v) is 2.13. The number of rotatable bonds is 2. The number of aromatic nitrogens is 1. The molecule has 0 amide bonds. The molecule has 0 fully saturated rings. The van der Waals surface area contributed by atoms with Crippen molar-refractivity contribution in [2.24, 2.45) is 0 Å². The van der Waals surface area contributed by atoms with Crippen LogP contribution in [-0.4, -0.2) is 4.98 Å². The molecule has 2 nitrogen and oxygen atoms in total. The molecule has 0 aromatic carbocycles. The summed E-state index contributed by atoms with van der Waals surface area (Å²) in [5.74, 6) is -0.0424. The Kier molecular flexibility index (Phi) is 3.27. The first kappa shape index (κ1) is 10.5. The van der Waals surface area contributed by atoms with Crippen molar-refractivity contribution in [1.82, 2.24) is 4.98 Å². The summed E-state index contributed by atoms with van der Waals surface area (Å²) < 4.78 is 24.6. The van der Waals surface area contributed by atoms with Gasteiger partial charge in [-0.1, -0.05) is 11.6 Å². The molecule has 1 aromatic rings. The predicted octanol–water partition coefficient (Wildman–Crippen LogP) is 2.99. The van der Waals surface area contributed by atoms with Crippen LogP contribution < -0.4 is 5.73 Å². The van der Waals surface area contributed by atoms with Crippen molar-refractivity contribution in [3.63, 3.8) is 0 Å². The minimum atomic E-state index is -2.67. The molecule has 13 heavy (non-hydrogen) atoms. The van der Waals surface area contributed by atoms with Crippen molar-refractivity contribution in [3.05, 3.63) is 22.3 Å². The molecular weight excluding hydrogens is 221 g/mol. The number of nitrogens with zero attached hydrogens (tertiary/aromatic N) is 1. The maximum absolute atomic E-state index is 12.3. The van der Waals surface area contributed by atoms with Gasteiger partial charge in [0.2, 0.25) is 0 Å². The molecule has 0 spiro atoms. The van der Waals surface area contributed by atoms with Gasteiger partial charge in [-0.05, 0) is 6.07 Å². The largest absolute Gasteiger partial charge is 0.384 e. The number of hydrogen-bond acceptors (Lipinski definition) is 2. The van der Waals surface area contributed by atoms with Gasteiger partial charge in [0.1, 0.15) is 5.82 Å². The Bertz CT molecular complexity index is 318. The molecule has 0 bridgehead atoms. The topological polar surface area (TPSA) is 38.9 Å². The lowest BCUT2D eigenvalue weighted by Crippen LogP contribution is -1.99. The number of nitrogen functional groups attached to an aromatic ring is 1. The second-order valence-electron chi connectivity index (χ2n) is 2.33. The Labute approximate surface area is 83.7 Å². The minimum Gasteiger partial charge on any atom is -0.384 e. The number of nitrogens with two attached hydrogens (primary N) is 1. The van der Waals surface area contributed by atoms with Crippen LogP contribution in [-0.2, 0) is 5.88 Å². The summed E-state index contributed by atoms with van der Waals surface area (Å²) >= 11 is 11.0. The molecule has 0 saturated heterocycles. The number of alkyl halides is 3. The summed E-state index contributed by atoms with van der Waals surface area (Å²) in [7, 11) is 0. The summed E-state index contributed by atoms with van der Waals surface area (Å²) in [5.41, 5.74) is 5.13. The van der Waals surface area contributed by atoms with Crippen LogP contribution in [0.5, 0.6) is 0 Å². The summed E-state index contributed by atoms with van der Waals surface area (Å²) in [4.78, 5) is 3.71. The Balaban J connectivity index is 3.27. The van der Waals surface area contributed by atoms with Crippen LogP contribution in [0, 0.1) is 0 Å². The summed E-state index contributed by atoms with van der Waals surface area (Å²) in [6.45, 7) is 0. The van der Waals surface area contributed by atoms with Crippen molar-refractivity contribution in [3.8, 4) is 0 Å². The molecule has 2 N–H and O–H groups in total. The molecule has 0 radical (unpaired) electrons. The molecule has 1 heterocycles. The zero-order chi connectivity index (χ0) is 10.0. The lowest BCUT2D eigenvalue weighted by atomic mass is 10.2. The third kappa shape index (κ3) is 2.19. The molecule has 1 aromatic heterocycles. The first-order chi connectivity index (χ1) is 6.06. The van der Waals surface area contributed by atoms with Crippen LogP contribution in [0.2, 0.25) is 5.02 Å². The van der Waals surface area contributed by atoms with Crippen LogP contribution in [0.1, 0.15) is 17.7 Å². The molecule has 0 aliphatic rings. The zero-order valence-corrected chi connectivity index (χ0v) is 7.91. The van der Waals surface area contributed by atoms with E-state index in [4.69, 9.17) is 28.9 Å². The maximum Gasteiger partial charge on any atom is 0.265 e. The fourth-order valence-corrected chi connectivity index (χ4v) is 1.38. The predicted molar refractivity (Wildman–Crippen MR) is 48.2 cm³/mol. The van der Waals surface area contributed by atoms with Crippen molar-refractivity contribution in [2.75, 3.05) is 5.73 Å². The number of hydrogen-bond donors (Lipinski definition) is 1. The second-order valence-corrected chi connectivity index (χ2v) is 2.98. The van der Waals surface area contributed by atoms with E-state index in [-0.39, 0.29) is 28.0 Å². The first-order valence-corrected chi connectivity index (χ1v) is 4.26. The SMILES string of the molecule is Nc1cc(C(F)F)c(Cl)c(CCl)n1. The van der Waals surface area contributed by atoms with E-state index in [1.54, 1.807) is 0 Å². The van der Waals surface area contributed by atoms with Gasteiger partial charge in [-0.15, -0.1) is 11.6 Å². The van der Waals surface area contributed by atoms with Gasteiger partial charge < -0.3 is 5.73 Å². The quantitative estimate of drug-likeness (QED) is 0.788. The highest BCUT2D eigenvalue weighted by Gasteiger charge is 2.16.